The zero-order valence-corrected chi connectivity index (χ0v) is 12.7. The normalized spacial score (nSPS) is 17.8. The van der Waals surface area contributed by atoms with Gasteiger partial charge in [0, 0.05) is 6.04 Å². The highest BCUT2D eigenvalue weighted by Gasteiger charge is 2.11. The fraction of sp³-hybridized carbons (Fsp3) is 0.647. The van der Waals surface area contributed by atoms with Crippen molar-refractivity contribution in [1.82, 2.24) is 10.2 Å². The van der Waals surface area contributed by atoms with Crippen LogP contribution >= 0.6 is 0 Å². The highest BCUT2D eigenvalue weighted by Crippen LogP contribution is 2.18. The maximum Gasteiger partial charge on any atom is 0.0294 e. The first-order chi connectivity index (χ1) is 9.16. The molecule has 0 aliphatic carbocycles. The Morgan fingerprint density at radius 2 is 1.95 bits per heavy atom. The first-order valence-corrected chi connectivity index (χ1v) is 7.69. The van der Waals surface area contributed by atoms with E-state index in [9.17, 15) is 0 Å². The van der Waals surface area contributed by atoms with Gasteiger partial charge in [-0.2, -0.15) is 0 Å². The van der Waals surface area contributed by atoms with Gasteiger partial charge in [-0.3, -0.25) is 0 Å². The van der Waals surface area contributed by atoms with Crippen molar-refractivity contribution in [2.75, 3.05) is 26.2 Å². The Bertz CT molecular complexity index is 394. The average molecular weight is 260 g/mol. The van der Waals surface area contributed by atoms with E-state index in [2.05, 4.69) is 49.2 Å². The Morgan fingerprint density at radius 1 is 1.21 bits per heavy atom. The van der Waals surface area contributed by atoms with Crippen LogP contribution in [0, 0.1) is 13.8 Å². The lowest BCUT2D eigenvalue weighted by Crippen LogP contribution is -2.26. The molecule has 19 heavy (non-hydrogen) atoms. The van der Waals surface area contributed by atoms with Crippen LogP contribution in [-0.4, -0.2) is 31.1 Å². The third-order valence-corrected chi connectivity index (χ3v) is 4.20. The number of hydrogen-bond acceptors (Lipinski definition) is 2. The Labute approximate surface area is 118 Å². The minimum absolute atomic E-state index is 0.457. The van der Waals surface area contributed by atoms with Crippen molar-refractivity contribution in [2.45, 2.75) is 46.1 Å². The molecule has 2 nitrogen and oxygen atoms in total. The number of aryl methyl sites for hydroxylation is 2. The summed E-state index contributed by atoms with van der Waals surface area (Å²) in [6.45, 7) is 11.6. The van der Waals surface area contributed by atoms with E-state index < -0.39 is 0 Å². The van der Waals surface area contributed by atoms with Crippen molar-refractivity contribution in [3.05, 3.63) is 34.9 Å². The van der Waals surface area contributed by atoms with Crippen LogP contribution in [0.1, 0.15) is 48.9 Å². The summed E-state index contributed by atoms with van der Waals surface area (Å²) in [5.41, 5.74) is 4.19. The first kappa shape index (κ1) is 14.5. The van der Waals surface area contributed by atoms with Crippen molar-refractivity contribution < 1.29 is 0 Å². The Kier molecular flexibility index (Phi) is 5.41. The van der Waals surface area contributed by atoms with E-state index >= 15 is 0 Å². The molecule has 1 fully saturated rings. The van der Waals surface area contributed by atoms with E-state index in [-0.39, 0.29) is 0 Å². The molecule has 1 aromatic rings. The fourth-order valence-electron chi connectivity index (χ4n) is 2.96. The largest absolute Gasteiger partial charge is 0.310 e. The fourth-order valence-corrected chi connectivity index (χ4v) is 2.96. The molecule has 0 aromatic heterocycles. The zero-order chi connectivity index (χ0) is 13.7. The van der Waals surface area contributed by atoms with Crippen molar-refractivity contribution in [1.29, 1.82) is 0 Å². The molecule has 0 amide bonds. The monoisotopic (exact) mass is 260 g/mol. The number of likely N-dealkylation sites (tertiary alicyclic amines) is 1. The Balaban J connectivity index is 1.74. The van der Waals surface area contributed by atoms with Crippen LogP contribution in [-0.2, 0) is 0 Å². The summed E-state index contributed by atoms with van der Waals surface area (Å²) >= 11 is 0. The summed E-state index contributed by atoms with van der Waals surface area (Å²) in [6.07, 6.45) is 4.05. The van der Waals surface area contributed by atoms with Gasteiger partial charge < -0.3 is 10.2 Å². The molecule has 1 atom stereocenters. The first-order valence-electron chi connectivity index (χ1n) is 7.69. The van der Waals surface area contributed by atoms with Gasteiger partial charge in [-0.25, -0.2) is 0 Å². The number of nitrogens with one attached hydrogen (secondary N) is 1. The number of nitrogens with zero attached hydrogens (tertiary/aromatic N) is 1. The summed E-state index contributed by atoms with van der Waals surface area (Å²) in [5.74, 6) is 0. The third-order valence-electron chi connectivity index (χ3n) is 4.20. The summed E-state index contributed by atoms with van der Waals surface area (Å²) < 4.78 is 0. The van der Waals surface area contributed by atoms with Gasteiger partial charge in [-0.1, -0.05) is 23.8 Å². The maximum atomic E-state index is 3.66. The highest BCUT2D eigenvalue weighted by molar-refractivity contribution is 5.32. The second-order valence-electron chi connectivity index (χ2n) is 5.94. The SMILES string of the molecule is Cc1ccc(C)c(C(C)NCCCN2CCCC2)c1. The molecular formula is C17H28N2. The Hall–Kier alpha value is -0.860. The second-order valence-corrected chi connectivity index (χ2v) is 5.94. The molecule has 0 radical (unpaired) electrons. The number of hydrogen-bond donors (Lipinski definition) is 1. The topological polar surface area (TPSA) is 15.3 Å². The predicted octanol–water partition coefficient (Wildman–Crippen LogP) is 3.44. The lowest BCUT2D eigenvalue weighted by atomic mass is 10.00. The molecule has 0 bridgehead atoms. The van der Waals surface area contributed by atoms with Crippen LogP contribution in [0.15, 0.2) is 18.2 Å². The van der Waals surface area contributed by atoms with E-state index in [1.807, 2.05) is 0 Å². The van der Waals surface area contributed by atoms with Crippen LogP contribution in [0.25, 0.3) is 0 Å². The van der Waals surface area contributed by atoms with Crippen LogP contribution in [0.4, 0.5) is 0 Å². The lowest BCUT2D eigenvalue weighted by Gasteiger charge is -2.19. The molecule has 0 saturated carbocycles. The third kappa shape index (κ3) is 4.32. The molecule has 2 heteroatoms. The second kappa shape index (κ2) is 7.06. The summed E-state index contributed by atoms with van der Waals surface area (Å²) in [5, 5.41) is 3.66. The number of benzene rings is 1. The van der Waals surface area contributed by atoms with E-state index in [0.29, 0.717) is 6.04 Å². The molecule has 1 saturated heterocycles. The maximum absolute atomic E-state index is 3.66. The molecule has 0 spiro atoms. The highest BCUT2D eigenvalue weighted by atomic mass is 15.1. The van der Waals surface area contributed by atoms with Crippen molar-refractivity contribution in [2.24, 2.45) is 0 Å². The van der Waals surface area contributed by atoms with Gasteiger partial charge in [0.15, 0.2) is 0 Å². The molecule has 1 aromatic carbocycles. The quantitative estimate of drug-likeness (QED) is 0.788. The average Bonchev–Trinajstić information content (AvgIpc) is 2.90. The van der Waals surface area contributed by atoms with Crippen LogP contribution in [0.2, 0.25) is 0 Å². The van der Waals surface area contributed by atoms with Gasteiger partial charge in [-0.15, -0.1) is 0 Å². The van der Waals surface area contributed by atoms with Gasteiger partial charge in [0.05, 0.1) is 0 Å². The summed E-state index contributed by atoms with van der Waals surface area (Å²) in [7, 11) is 0. The van der Waals surface area contributed by atoms with Crippen molar-refractivity contribution in [3.63, 3.8) is 0 Å². The lowest BCUT2D eigenvalue weighted by molar-refractivity contribution is 0.328. The standard InChI is InChI=1S/C17H28N2/c1-14-7-8-15(2)17(13-14)16(3)18-9-6-12-19-10-4-5-11-19/h7-8,13,16,18H,4-6,9-12H2,1-3H3. The van der Waals surface area contributed by atoms with Gasteiger partial charge in [0.25, 0.3) is 0 Å². The predicted molar refractivity (Wildman–Crippen MR) is 82.6 cm³/mol. The smallest absolute Gasteiger partial charge is 0.0294 e. The van der Waals surface area contributed by atoms with E-state index in [1.165, 1.54) is 55.6 Å². The molecule has 2 rings (SSSR count). The van der Waals surface area contributed by atoms with Crippen LogP contribution in [0.3, 0.4) is 0 Å². The Morgan fingerprint density at radius 3 is 2.68 bits per heavy atom. The number of rotatable bonds is 6. The summed E-state index contributed by atoms with van der Waals surface area (Å²) in [4.78, 5) is 2.59. The molecule has 106 valence electrons. The molecule has 1 unspecified atom stereocenters. The minimum atomic E-state index is 0.457. The van der Waals surface area contributed by atoms with Gasteiger partial charge in [0.1, 0.15) is 0 Å². The zero-order valence-electron chi connectivity index (χ0n) is 12.7. The molecular weight excluding hydrogens is 232 g/mol. The molecule has 1 N–H and O–H groups in total. The van der Waals surface area contributed by atoms with E-state index in [0.717, 1.165) is 6.54 Å². The van der Waals surface area contributed by atoms with Crippen molar-refractivity contribution in [3.8, 4) is 0 Å². The molecule has 1 heterocycles. The molecule has 1 aliphatic rings. The van der Waals surface area contributed by atoms with Gasteiger partial charge in [0.2, 0.25) is 0 Å². The van der Waals surface area contributed by atoms with Gasteiger partial charge in [-0.05, 0) is 77.3 Å². The molecule has 1 aliphatic heterocycles. The summed E-state index contributed by atoms with van der Waals surface area (Å²) in [6, 6.07) is 7.19. The van der Waals surface area contributed by atoms with E-state index in [1.54, 1.807) is 0 Å². The van der Waals surface area contributed by atoms with E-state index in [4.69, 9.17) is 0 Å². The minimum Gasteiger partial charge on any atom is -0.310 e. The van der Waals surface area contributed by atoms with Crippen molar-refractivity contribution >= 4 is 0 Å². The van der Waals surface area contributed by atoms with Gasteiger partial charge >= 0.3 is 0 Å². The van der Waals surface area contributed by atoms with Crippen LogP contribution in [0.5, 0.6) is 0 Å². The van der Waals surface area contributed by atoms with Crippen LogP contribution < -0.4 is 5.32 Å².